The molecule has 0 saturated heterocycles. The van der Waals surface area contributed by atoms with Crippen LogP contribution < -0.4 is 5.32 Å². The number of nitrogens with zero attached hydrogens (tertiary/aromatic N) is 1. The Morgan fingerprint density at radius 2 is 1.94 bits per heavy atom. The Bertz CT molecular complexity index is 1010. The van der Waals surface area contributed by atoms with Gasteiger partial charge >= 0.3 is 12.1 Å². The maximum Gasteiger partial charge on any atom is 0.471 e. The van der Waals surface area contributed by atoms with E-state index >= 15 is 0 Å². The summed E-state index contributed by atoms with van der Waals surface area (Å²) in [5.41, 5.74) is 4.82. The molecule has 0 heterocycles. The smallest absolute Gasteiger partial charge is 0.373 e. The number of rotatable bonds is 7. The molecule has 4 nitrogen and oxygen atoms in total. The molecular formula is C25H25F3N2O2. The Balaban J connectivity index is 1.50. The van der Waals surface area contributed by atoms with Crippen molar-refractivity contribution in [3.8, 4) is 11.1 Å². The van der Waals surface area contributed by atoms with Gasteiger partial charge in [0.25, 0.3) is 0 Å². The van der Waals surface area contributed by atoms with Gasteiger partial charge in [-0.15, -0.1) is 0 Å². The first-order valence-electron chi connectivity index (χ1n) is 10.6. The lowest BCUT2D eigenvalue weighted by atomic mass is 9.91. The summed E-state index contributed by atoms with van der Waals surface area (Å²) >= 11 is 0. The Labute approximate surface area is 185 Å². The third-order valence-electron chi connectivity index (χ3n) is 5.36. The summed E-state index contributed by atoms with van der Waals surface area (Å²) in [4.78, 5) is 14.3. The predicted molar refractivity (Wildman–Crippen MR) is 117 cm³/mol. The van der Waals surface area contributed by atoms with E-state index in [0.717, 1.165) is 47.9 Å². The average molecular weight is 442 g/mol. The summed E-state index contributed by atoms with van der Waals surface area (Å²) in [6.45, 7) is 7.61. The van der Waals surface area contributed by atoms with Crippen molar-refractivity contribution in [1.29, 1.82) is 0 Å². The molecule has 1 amide bonds. The zero-order valence-electron chi connectivity index (χ0n) is 17.6. The maximum atomic E-state index is 12.2. The van der Waals surface area contributed by atoms with Gasteiger partial charge in [-0.3, -0.25) is 4.79 Å². The fraction of sp³-hybridized carbons (Fsp3) is 0.360. The Hall–Kier alpha value is -3.11. The van der Waals surface area contributed by atoms with Crippen LogP contribution in [0.3, 0.4) is 0 Å². The lowest BCUT2D eigenvalue weighted by molar-refractivity contribution is -0.173. The largest absolute Gasteiger partial charge is 0.471 e. The summed E-state index contributed by atoms with van der Waals surface area (Å²) in [5, 5.41) is 1.89. The molecular weight excluding hydrogens is 417 g/mol. The van der Waals surface area contributed by atoms with Gasteiger partial charge in [-0.2, -0.15) is 13.2 Å². The van der Waals surface area contributed by atoms with Gasteiger partial charge in [0.05, 0.1) is 19.3 Å². The quantitative estimate of drug-likeness (QED) is 0.308. The van der Waals surface area contributed by atoms with Crippen molar-refractivity contribution in [2.75, 3.05) is 6.54 Å². The van der Waals surface area contributed by atoms with Crippen molar-refractivity contribution in [3.63, 3.8) is 0 Å². The van der Waals surface area contributed by atoms with Crippen LogP contribution in [0.2, 0.25) is 0 Å². The third-order valence-corrected chi connectivity index (χ3v) is 5.36. The fourth-order valence-corrected chi connectivity index (χ4v) is 3.75. The van der Waals surface area contributed by atoms with E-state index in [9.17, 15) is 18.0 Å². The zero-order valence-corrected chi connectivity index (χ0v) is 17.6. The number of alkyl halides is 3. The van der Waals surface area contributed by atoms with E-state index in [-0.39, 0.29) is 12.6 Å². The lowest BCUT2D eigenvalue weighted by Gasteiger charge is -2.25. The summed E-state index contributed by atoms with van der Waals surface area (Å²) in [5.74, 6) is -1.90. The molecule has 1 aliphatic rings. The van der Waals surface area contributed by atoms with Gasteiger partial charge < -0.3 is 10.1 Å². The fourth-order valence-electron chi connectivity index (χ4n) is 3.75. The number of carbonyl (C=O) groups excluding carboxylic acids is 1. The second-order valence-corrected chi connectivity index (χ2v) is 7.80. The van der Waals surface area contributed by atoms with Gasteiger partial charge in [0.15, 0.2) is 5.69 Å². The molecule has 3 rings (SSSR count). The van der Waals surface area contributed by atoms with Crippen LogP contribution in [0, 0.1) is 6.57 Å². The standard InChI is InChI=1S/C25H25F3N2O2/c1-29-22-11-4-10-21(16-22)20-9-2-7-19(14-20)17-32-23-12-3-6-18(15-23)8-5-13-30-24(31)25(26,27)28/h2,4,7-11,14,16,23H,3,5-6,12-13,15,17H2,(H,30,31). The molecule has 0 radical (unpaired) electrons. The van der Waals surface area contributed by atoms with Crippen LogP contribution in [0.5, 0.6) is 0 Å². The minimum Gasteiger partial charge on any atom is -0.373 e. The van der Waals surface area contributed by atoms with E-state index in [4.69, 9.17) is 11.3 Å². The number of hydrogen-bond donors (Lipinski definition) is 1. The van der Waals surface area contributed by atoms with E-state index in [2.05, 4.69) is 10.9 Å². The Kier molecular flexibility index (Phi) is 8.07. The van der Waals surface area contributed by atoms with E-state index < -0.39 is 12.1 Å². The van der Waals surface area contributed by atoms with Crippen molar-refractivity contribution in [1.82, 2.24) is 5.32 Å². The van der Waals surface area contributed by atoms with E-state index in [1.807, 2.05) is 47.8 Å². The predicted octanol–water partition coefficient (Wildman–Crippen LogP) is 6.36. The molecule has 168 valence electrons. The monoisotopic (exact) mass is 442 g/mol. The van der Waals surface area contributed by atoms with Crippen molar-refractivity contribution in [2.24, 2.45) is 0 Å². The summed E-state index contributed by atoms with van der Waals surface area (Å²) < 4.78 is 42.7. The molecule has 0 spiro atoms. The van der Waals surface area contributed by atoms with Crippen LogP contribution in [-0.2, 0) is 16.1 Å². The second-order valence-electron chi connectivity index (χ2n) is 7.80. The number of halogens is 3. The number of amides is 1. The molecule has 0 bridgehead atoms. The van der Waals surface area contributed by atoms with E-state index in [0.29, 0.717) is 18.7 Å². The zero-order chi connectivity index (χ0) is 23.0. The number of benzene rings is 2. The minimum atomic E-state index is -4.84. The van der Waals surface area contributed by atoms with Crippen LogP contribution in [0.1, 0.15) is 37.7 Å². The molecule has 1 N–H and O–H groups in total. The van der Waals surface area contributed by atoms with Gasteiger partial charge in [-0.1, -0.05) is 48.0 Å². The molecule has 2 aromatic rings. The Morgan fingerprint density at radius 3 is 2.69 bits per heavy atom. The normalized spacial score (nSPS) is 17.7. The Morgan fingerprint density at radius 1 is 1.19 bits per heavy atom. The minimum absolute atomic E-state index is 0.0329. The number of nitrogens with one attached hydrogen (secondary N) is 1. The van der Waals surface area contributed by atoms with Crippen molar-refractivity contribution in [2.45, 2.75) is 51.0 Å². The van der Waals surface area contributed by atoms with Gasteiger partial charge in [0.1, 0.15) is 0 Å². The second kappa shape index (κ2) is 11.0. The summed E-state index contributed by atoms with van der Waals surface area (Å²) in [7, 11) is 0. The number of hydrogen-bond acceptors (Lipinski definition) is 2. The molecule has 1 saturated carbocycles. The molecule has 32 heavy (non-hydrogen) atoms. The van der Waals surface area contributed by atoms with Gasteiger partial charge in [-0.05, 0) is 60.9 Å². The molecule has 1 fully saturated rings. The highest BCUT2D eigenvalue weighted by atomic mass is 19.4. The number of carbonyl (C=O) groups is 1. The highest BCUT2D eigenvalue weighted by Gasteiger charge is 2.38. The molecule has 7 heteroatoms. The molecule has 1 atom stereocenters. The van der Waals surface area contributed by atoms with Crippen LogP contribution in [0.4, 0.5) is 18.9 Å². The van der Waals surface area contributed by atoms with Crippen LogP contribution in [-0.4, -0.2) is 24.7 Å². The number of ether oxygens (including phenoxy) is 1. The van der Waals surface area contributed by atoms with Crippen molar-refractivity contribution < 1.29 is 22.7 Å². The topological polar surface area (TPSA) is 42.7 Å². The highest BCUT2D eigenvalue weighted by Crippen LogP contribution is 2.28. The first kappa shape index (κ1) is 23.6. The first-order chi connectivity index (χ1) is 15.3. The average Bonchev–Trinajstić information content (AvgIpc) is 2.80. The maximum absolute atomic E-state index is 12.2. The van der Waals surface area contributed by atoms with Gasteiger partial charge in [-0.25, -0.2) is 4.85 Å². The highest BCUT2D eigenvalue weighted by molar-refractivity contribution is 5.81. The third kappa shape index (κ3) is 6.96. The molecule has 1 unspecified atom stereocenters. The van der Waals surface area contributed by atoms with E-state index in [1.54, 1.807) is 6.07 Å². The first-order valence-corrected chi connectivity index (χ1v) is 10.6. The molecule has 0 aromatic heterocycles. The van der Waals surface area contributed by atoms with Gasteiger partial charge in [0, 0.05) is 6.54 Å². The van der Waals surface area contributed by atoms with Crippen LogP contribution in [0.25, 0.3) is 16.0 Å². The summed E-state index contributed by atoms with van der Waals surface area (Å²) in [6, 6.07) is 15.5. The molecule has 1 aliphatic carbocycles. The van der Waals surface area contributed by atoms with Crippen molar-refractivity contribution >= 4 is 11.6 Å². The van der Waals surface area contributed by atoms with Gasteiger partial charge in [0.2, 0.25) is 0 Å². The molecule has 0 aliphatic heterocycles. The van der Waals surface area contributed by atoms with Crippen molar-refractivity contribution in [3.05, 3.63) is 77.2 Å². The SMILES string of the molecule is [C-]#[N+]c1cccc(-c2cccc(COC3CCCC(=CCCNC(=O)C(F)(F)F)C3)c2)c1. The van der Waals surface area contributed by atoms with E-state index in [1.165, 1.54) is 0 Å². The van der Waals surface area contributed by atoms with Crippen LogP contribution >= 0.6 is 0 Å². The molecule has 2 aromatic carbocycles. The summed E-state index contributed by atoms with van der Waals surface area (Å²) in [6.07, 6.45) is 1.07. The lowest BCUT2D eigenvalue weighted by Crippen LogP contribution is -2.37. The van der Waals surface area contributed by atoms with Crippen LogP contribution in [0.15, 0.2) is 60.2 Å².